The van der Waals surface area contributed by atoms with Crippen LogP contribution in [-0.2, 0) is 11.2 Å². The van der Waals surface area contributed by atoms with Crippen molar-refractivity contribution in [2.45, 2.75) is 12.8 Å². The van der Waals surface area contributed by atoms with E-state index in [4.69, 9.17) is 14.2 Å². The highest BCUT2D eigenvalue weighted by Gasteiger charge is 2.07. The van der Waals surface area contributed by atoms with Crippen LogP contribution < -0.4 is 19.5 Å². The van der Waals surface area contributed by atoms with Crippen LogP contribution in [0.15, 0.2) is 42.5 Å². The smallest absolute Gasteiger partial charge is 0.224 e. The summed E-state index contributed by atoms with van der Waals surface area (Å²) in [6, 6.07) is 13.0. The Hall–Kier alpha value is -2.69. The van der Waals surface area contributed by atoms with Crippen molar-refractivity contribution in [2.75, 3.05) is 26.6 Å². The summed E-state index contributed by atoms with van der Waals surface area (Å²) in [4.78, 5) is 12.1. The van der Waals surface area contributed by atoms with Crippen molar-refractivity contribution < 1.29 is 19.0 Å². The fraction of sp³-hybridized carbons (Fsp3) is 0.278. The van der Waals surface area contributed by atoms with Gasteiger partial charge in [-0.2, -0.15) is 0 Å². The highest BCUT2D eigenvalue weighted by atomic mass is 16.5. The van der Waals surface area contributed by atoms with Gasteiger partial charge in [0.15, 0.2) is 0 Å². The summed E-state index contributed by atoms with van der Waals surface area (Å²) in [5.41, 5.74) is 1.71. The molecule has 1 N–H and O–H groups in total. The van der Waals surface area contributed by atoms with Crippen LogP contribution in [0.2, 0.25) is 0 Å². The Labute approximate surface area is 136 Å². The number of anilines is 1. The summed E-state index contributed by atoms with van der Waals surface area (Å²) in [7, 11) is 4.77. The second kappa shape index (κ2) is 8.08. The Balaban J connectivity index is 1.96. The van der Waals surface area contributed by atoms with Crippen molar-refractivity contribution in [3.05, 3.63) is 48.0 Å². The molecule has 0 aliphatic rings. The first-order valence-corrected chi connectivity index (χ1v) is 7.30. The lowest BCUT2D eigenvalue weighted by Crippen LogP contribution is -2.12. The van der Waals surface area contributed by atoms with Crippen LogP contribution in [0.3, 0.4) is 0 Å². The Bertz CT molecular complexity index is 648. The van der Waals surface area contributed by atoms with Gasteiger partial charge >= 0.3 is 0 Å². The van der Waals surface area contributed by atoms with Crippen molar-refractivity contribution in [3.63, 3.8) is 0 Å². The average molecular weight is 315 g/mol. The molecule has 0 saturated carbocycles. The van der Waals surface area contributed by atoms with E-state index in [9.17, 15) is 4.79 Å². The summed E-state index contributed by atoms with van der Waals surface area (Å²) in [6.45, 7) is 0. The predicted octanol–water partition coefficient (Wildman–Crippen LogP) is 3.28. The minimum absolute atomic E-state index is 0.0665. The topological polar surface area (TPSA) is 56.8 Å². The molecule has 0 saturated heterocycles. The number of hydrogen-bond acceptors (Lipinski definition) is 4. The fourth-order valence-electron chi connectivity index (χ4n) is 2.19. The van der Waals surface area contributed by atoms with E-state index in [1.807, 2.05) is 24.3 Å². The number of carbonyl (C=O) groups excluding carboxylic acids is 1. The molecule has 0 aliphatic carbocycles. The molecule has 5 heteroatoms. The van der Waals surface area contributed by atoms with Gasteiger partial charge in [-0.05, 0) is 24.1 Å². The van der Waals surface area contributed by atoms with E-state index >= 15 is 0 Å². The van der Waals surface area contributed by atoms with Gasteiger partial charge in [-0.1, -0.05) is 12.1 Å². The van der Waals surface area contributed by atoms with E-state index < -0.39 is 0 Å². The lowest BCUT2D eigenvalue weighted by atomic mass is 10.1. The Morgan fingerprint density at radius 2 is 1.57 bits per heavy atom. The number of ether oxygens (including phenoxy) is 3. The van der Waals surface area contributed by atoms with Gasteiger partial charge in [0.1, 0.15) is 17.2 Å². The zero-order valence-corrected chi connectivity index (χ0v) is 13.6. The lowest BCUT2D eigenvalue weighted by Gasteiger charge is -2.10. The first-order chi connectivity index (χ1) is 11.1. The summed E-state index contributed by atoms with van der Waals surface area (Å²) < 4.78 is 15.6. The maximum absolute atomic E-state index is 12.1. The van der Waals surface area contributed by atoms with Gasteiger partial charge in [0.2, 0.25) is 5.91 Å². The third-order valence-corrected chi connectivity index (χ3v) is 3.41. The molecule has 0 aromatic heterocycles. The van der Waals surface area contributed by atoms with Gasteiger partial charge < -0.3 is 19.5 Å². The molecule has 23 heavy (non-hydrogen) atoms. The van der Waals surface area contributed by atoms with Gasteiger partial charge in [0.25, 0.3) is 0 Å². The third kappa shape index (κ3) is 4.92. The number of methoxy groups -OCH3 is 3. The molecule has 2 aromatic carbocycles. The zero-order valence-electron chi connectivity index (χ0n) is 13.6. The van der Waals surface area contributed by atoms with Crippen LogP contribution in [0.1, 0.15) is 12.0 Å². The number of carbonyl (C=O) groups is 1. The molecule has 0 unspecified atom stereocenters. The van der Waals surface area contributed by atoms with Gasteiger partial charge in [0, 0.05) is 30.3 Å². The maximum Gasteiger partial charge on any atom is 0.224 e. The molecule has 0 radical (unpaired) electrons. The van der Waals surface area contributed by atoms with Crippen molar-refractivity contribution in [1.82, 2.24) is 0 Å². The molecule has 2 rings (SSSR count). The van der Waals surface area contributed by atoms with E-state index in [1.165, 1.54) is 0 Å². The minimum atomic E-state index is -0.0665. The first kappa shape index (κ1) is 16.7. The third-order valence-electron chi connectivity index (χ3n) is 3.41. The minimum Gasteiger partial charge on any atom is -0.497 e. The molecular formula is C18H21NO4. The van der Waals surface area contributed by atoms with Crippen LogP contribution in [0.25, 0.3) is 0 Å². The van der Waals surface area contributed by atoms with Crippen LogP contribution in [0, 0.1) is 0 Å². The number of nitrogens with one attached hydrogen (secondary N) is 1. The molecule has 122 valence electrons. The Morgan fingerprint density at radius 3 is 2.17 bits per heavy atom. The number of hydrogen-bond donors (Lipinski definition) is 1. The molecule has 2 aromatic rings. The highest BCUT2D eigenvalue weighted by Crippen LogP contribution is 2.26. The standard InChI is InChI=1S/C18H21NO4/c1-21-15-6-4-5-13(9-15)7-8-18(20)19-14-10-16(22-2)12-17(11-14)23-3/h4-6,9-12H,7-8H2,1-3H3,(H,19,20). The summed E-state index contributed by atoms with van der Waals surface area (Å²) in [6.07, 6.45) is 1.02. The summed E-state index contributed by atoms with van der Waals surface area (Å²) in [5.74, 6) is 1.99. The molecule has 0 atom stereocenters. The van der Waals surface area contributed by atoms with E-state index in [2.05, 4.69) is 5.32 Å². The van der Waals surface area contributed by atoms with E-state index in [0.717, 1.165) is 11.3 Å². The fourth-order valence-corrected chi connectivity index (χ4v) is 2.19. The Kier molecular flexibility index (Phi) is 5.86. The summed E-state index contributed by atoms with van der Waals surface area (Å²) in [5, 5.41) is 2.86. The molecule has 0 bridgehead atoms. The second-order valence-electron chi connectivity index (χ2n) is 5.00. The van der Waals surface area contributed by atoms with Crippen molar-refractivity contribution in [1.29, 1.82) is 0 Å². The normalized spacial score (nSPS) is 10.0. The van der Waals surface area contributed by atoms with Crippen LogP contribution in [-0.4, -0.2) is 27.2 Å². The average Bonchev–Trinajstić information content (AvgIpc) is 2.59. The zero-order chi connectivity index (χ0) is 16.7. The molecular weight excluding hydrogens is 294 g/mol. The van der Waals surface area contributed by atoms with Gasteiger partial charge in [-0.15, -0.1) is 0 Å². The SMILES string of the molecule is COc1cccc(CCC(=O)Nc2cc(OC)cc(OC)c2)c1. The molecule has 1 amide bonds. The number of rotatable bonds is 7. The summed E-state index contributed by atoms with van der Waals surface area (Å²) >= 11 is 0. The molecule has 0 heterocycles. The van der Waals surface area contributed by atoms with Crippen molar-refractivity contribution in [3.8, 4) is 17.2 Å². The van der Waals surface area contributed by atoms with Gasteiger partial charge in [-0.25, -0.2) is 0 Å². The number of aryl methyl sites for hydroxylation is 1. The largest absolute Gasteiger partial charge is 0.497 e. The van der Waals surface area contributed by atoms with Crippen molar-refractivity contribution >= 4 is 11.6 Å². The quantitative estimate of drug-likeness (QED) is 0.852. The highest BCUT2D eigenvalue weighted by molar-refractivity contribution is 5.91. The predicted molar refractivity (Wildman–Crippen MR) is 89.5 cm³/mol. The van der Waals surface area contributed by atoms with E-state index in [-0.39, 0.29) is 5.91 Å². The lowest BCUT2D eigenvalue weighted by molar-refractivity contribution is -0.116. The molecule has 0 fully saturated rings. The Morgan fingerprint density at radius 1 is 0.913 bits per heavy atom. The monoisotopic (exact) mass is 315 g/mol. The van der Waals surface area contributed by atoms with E-state index in [1.54, 1.807) is 39.5 Å². The second-order valence-corrected chi connectivity index (χ2v) is 5.00. The van der Waals surface area contributed by atoms with Gasteiger partial charge in [-0.3, -0.25) is 4.79 Å². The molecule has 0 spiro atoms. The maximum atomic E-state index is 12.1. The molecule has 0 aliphatic heterocycles. The van der Waals surface area contributed by atoms with E-state index in [0.29, 0.717) is 30.0 Å². The van der Waals surface area contributed by atoms with Crippen molar-refractivity contribution in [2.24, 2.45) is 0 Å². The molecule has 5 nitrogen and oxygen atoms in total. The number of benzene rings is 2. The first-order valence-electron chi connectivity index (χ1n) is 7.30. The van der Waals surface area contributed by atoms with Crippen LogP contribution >= 0.6 is 0 Å². The number of amides is 1. The van der Waals surface area contributed by atoms with Gasteiger partial charge in [0.05, 0.1) is 21.3 Å². The van der Waals surface area contributed by atoms with Crippen LogP contribution in [0.5, 0.6) is 17.2 Å². The van der Waals surface area contributed by atoms with Crippen LogP contribution in [0.4, 0.5) is 5.69 Å².